The van der Waals surface area contributed by atoms with E-state index in [0.717, 1.165) is 55.3 Å². The van der Waals surface area contributed by atoms with Crippen molar-refractivity contribution in [1.82, 2.24) is 39.4 Å². The van der Waals surface area contributed by atoms with Gasteiger partial charge in [-0.05, 0) is 25.1 Å². The third kappa shape index (κ3) is 4.02. The largest absolute Gasteiger partial charge is 0.353 e. The van der Waals surface area contributed by atoms with Crippen LogP contribution in [0.15, 0.2) is 53.8 Å². The lowest BCUT2D eigenvalue weighted by atomic mass is 10.2. The van der Waals surface area contributed by atoms with E-state index in [-0.39, 0.29) is 5.56 Å². The van der Waals surface area contributed by atoms with Gasteiger partial charge in [0.2, 0.25) is 0 Å². The molecule has 1 saturated heterocycles. The molecular formula is C21H23N9O. The molecule has 5 rings (SSSR count). The molecule has 0 saturated carbocycles. The Kier molecular flexibility index (Phi) is 5.13. The molecule has 0 bridgehead atoms. The number of hydrogen-bond donors (Lipinski definition) is 0. The van der Waals surface area contributed by atoms with Crippen LogP contribution in [-0.4, -0.2) is 72.1 Å². The third-order valence-corrected chi connectivity index (χ3v) is 5.48. The fraction of sp³-hybridized carbons (Fsp3) is 0.333. The van der Waals surface area contributed by atoms with Crippen molar-refractivity contribution in [3.63, 3.8) is 0 Å². The average Bonchev–Trinajstić information content (AvgIpc) is 3.33. The van der Waals surface area contributed by atoms with Crippen LogP contribution >= 0.6 is 0 Å². The highest BCUT2D eigenvalue weighted by molar-refractivity contribution is 5.88. The first-order valence-electron chi connectivity index (χ1n) is 10.3. The van der Waals surface area contributed by atoms with Crippen molar-refractivity contribution in [3.05, 3.63) is 65.2 Å². The van der Waals surface area contributed by atoms with Crippen LogP contribution in [0.3, 0.4) is 0 Å². The van der Waals surface area contributed by atoms with E-state index in [1.165, 1.54) is 4.68 Å². The van der Waals surface area contributed by atoms with Crippen LogP contribution in [-0.2, 0) is 6.54 Å². The smallest absolute Gasteiger partial charge is 0.266 e. The number of hydrogen-bond acceptors (Lipinski definition) is 8. The fourth-order valence-electron chi connectivity index (χ4n) is 3.86. The topological polar surface area (TPSA) is 97.9 Å². The number of pyridine rings is 1. The van der Waals surface area contributed by atoms with Gasteiger partial charge in [0.1, 0.15) is 11.6 Å². The first kappa shape index (κ1) is 19.3. The molecule has 4 aromatic rings. The molecule has 0 aromatic carbocycles. The van der Waals surface area contributed by atoms with Gasteiger partial charge in [0.05, 0.1) is 18.3 Å². The van der Waals surface area contributed by atoms with Crippen LogP contribution in [0.5, 0.6) is 0 Å². The van der Waals surface area contributed by atoms with E-state index in [1.54, 1.807) is 35.4 Å². The molecule has 0 unspecified atom stereocenters. The van der Waals surface area contributed by atoms with E-state index in [2.05, 4.69) is 30.0 Å². The van der Waals surface area contributed by atoms with E-state index < -0.39 is 0 Å². The van der Waals surface area contributed by atoms with Gasteiger partial charge in [-0.2, -0.15) is 5.10 Å². The molecule has 1 aliphatic heterocycles. The van der Waals surface area contributed by atoms with Gasteiger partial charge in [0.25, 0.3) is 5.56 Å². The minimum atomic E-state index is -0.105. The average molecular weight is 417 g/mol. The van der Waals surface area contributed by atoms with Crippen molar-refractivity contribution in [2.75, 3.05) is 37.6 Å². The maximum atomic E-state index is 12.2. The summed E-state index contributed by atoms with van der Waals surface area (Å²) in [5.74, 6) is 2.35. The molecule has 0 N–H and O–H groups in total. The second-order valence-corrected chi connectivity index (χ2v) is 7.52. The van der Waals surface area contributed by atoms with Crippen molar-refractivity contribution in [1.29, 1.82) is 0 Å². The number of piperazine rings is 1. The lowest BCUT2D eigenvalue weighted by Crippen LogP contribution is -2.48. The minimum Gasteiger partial charge on any atom is -0.353 e. The van der Waals surface area contributed by atoms with Gasteiger partial charge >= 0.3 is 0 Å². The number of rotatable bonds is 5. The Labute approximate surface area is 178 Å². The molecule has 0 spiro atoms. The van der Waals surface area contributed by atoms with E-state index in [0.29, 0.717) is 12.4 Å². The third-order valence-electron chi connectivity index (χ3n) is 5.48. The Morgan fingerprint density at radius 1 is 1.00 bits per heavy atom. The van der Waals surface area contributed by atoms with Gasteiger partial charge in [-0.25, -0.2) is 19.3 Å². The monoisotopic (exact) mass is 417 g/mol. The molecule has 1 fully saturated rings. The van der Waals surface area contributed by atoms with E-state index in [4.69, 9.17) is 4.98 Å². The summed E-state index contributed by atoms with van der Waals surface area (Å²) in [6, 6.07) is 7.03. The van der Waals surface area contributed by atoms with E-state index >= 15 is 0 Å². The van der Waals surface area contributed by atoms with E-state index in [1.807, 2.05) is 25.3 Å². The number of fused-ring (bicyclic) bond motifs is 1. The first-order valence-corrected chi connectivity index (χ1v) is 10.3. The zero-order valence-corrected chi connectivity index (χ0v) is 17.3. The maximum Gasteiger partial charge on any atom is 0.266 e. The summed E-state index contributed by atoms with van der Waals surface area (Å²) < 4.78 is 3.16. The predicted octanol–water partition coefficient (Wildman–Crippen LogP) is 0.898. The summed E-state index contributed by atoms with van der Waals surface area (Å²) in [5, 5.41) is 9.66. The quantitative estimate of drug-likeness (QED) is 0.472. The Balaban J connectivity index is 1.24. The minimum absolute atomic E-state index is 0.105. The second-order valence-electron chi connectivity index (χ2n) is 7.52. The summed E-state index contributed by atoms with van der Waals surface area (Å²) in [5.41, 5.74) is 0.765. The number of anilines is 1. The van der Waals surface area contributed by atoms with Crippen LogP contribution in [0.1, 0.15) is 5.82 Å². The molecule has 5 heterocycles. The van der Waals surface area contributed by atoms with Crippen molar-refractivity contribution in [2.45, 2.75) is 13.5 Å². The Morgan fingerprint density at radius 3 is 2.68 bits per heavy atom. The summed E-state index contributed by atoms with van der Waals surface area (Å²) in [7, 11) is 0. The highest BCUT2D eigenvalue weighted by Gasteiger charge is 2.20. The fourth-order valence-corrected chi connectivity index (χ4v) is 3.86. The summed E-state index contributed by atoms with van der Waals surface area (Å²) in [6.45, 7) is 6.72. The molecule has 0 atom stereocenters. The van der Waals surface area contributed by atoms with E-state index in [9.17, 15) is 4.79 Å². The molecule has 0 amide bonds. The van der Waals surface area contributed by atoms with Crippen LogP contribution in [0.4, 0.5) is 5.82 Å². The van der Waals surface area contributed by atoms with Gasteiger partial charge < -0.3 is 4.90 Å². The number of aromatic nitrogens is 7. The van der Waals surface area contributed by atoms with Crippen molar-refractivity contribution in [2.24, 2.45) is 0 Å². The summed E-state index contributed by atoms with van der Waals surface area (Å²) >= 11 is 0. The lowest BCUT2D eigenvalue weighted by Gasteiger charge is -2.35. The van der Waals surface area contributed by atoms with Crippen LogP contribution in [0.25, 0.3) is 16.7 Å². The van der Waals surface area contributed by atoms with Crippen molar-refractivity contribution in [3.8, 4) is 5.82 Å². The molecule has 1 aliphatic rings. The lowest BCUT2D eigenvalue weighted by molar-refractivity contribution is 0.242. The zero-order chi connectivity index (χ0) is 21.2. The predicted molar refractivity (Wildman–Crippen MR) is 116 cm³/mol. The van der Waals surface area contributed by atoms with Gasteiger partial charge in [-0.3, -0.25) is 14.7 Å². The normalized spacial score (nSPS) is 14.9. The van der Waals surface area contributed by atoms with Gasteiger partial charge in [-0.1, -0.05) is 0 Å². The van der Waals surface area contributed by atoms with Crippen LogP contribution < -0.4 is 10.5 Å². The Morgan fingerprint density at radius 2 is 1.87 bits per heavy atom. The van der Waals surface area contributed by atoms with Gasteiger partial charge in [0, 0.05) is 62.8 Å². The molecule has 10 heteroatoms. The zero-order valence-electron chi connectivity index (χ0n) is 17.3. The maximum absolute atomic E-state index is 12.2. The molecule has 10 nitrogen and oxygen atoms in total. The Hall–Kier alpha value is -3.66. The van der Waals surface area contributed by atoms with Gasteiger partial charge in [-0.15, -0.1) is 5.10 Å². The van der Waals surface area contributed by atoms with Crippen molar-refractivity contribution < 1.29 is 0 Å². The standard InChI is InChI=1S/C21H23N9O/c1-16-24-18-15-22-7-5-17(18)21(25-16)28-12-9-27(10-13-28)11-14-30-20(31)4-3-19(26-30)29-8-2-6-23-29/h2-8,15H,9-14H2,1H3. The second kappa shape index (κ2) is 8.23. The molecule has 158 valence electrons. The summed E-state index contributed by atoms with van der Waals surface area (Å²) in [6.07, 6.45) is 7.06. The molecular weight excluding hydrogens is 394 g/mol. The Bertz CT molecular complexity index is 1240. The highest BCUT2D eigenvalue weighted by Crippen LogP contribution is 2.24. The van der Waals surface area contributed by atoms with Crippen LogP contribution in [0, 0.1) is 6.92 Å². The first-order chi connectivity index (χ1) is 15.2. The van der Waals surface area contributed by atoms with Crippen LogP contribution in [0.2, 0.25) is 0 Å². The molecule has 31 heavy (non-hydrogen) atoms. The molecule has 0 radical (unpaired) electrons. The number of aryl methyl sites for hydroxylation is 1. The summed E-state index contributed by atoms with van der Waals surface area (Å²) in [4.78, 5) is 30.2. The SMILES string of the molecule is Cc1nc(N2CCN(CCn3nc(-n4cccn4)ccc3=O)CC2)c2ccncc2n1. The van der Waals surface area contributed by atoms with Gasteiger partial charge in [0.15, 0.2) is 5.82 Å². The number of nitrogens with zero attached hydrogens (tertiary/aromatic N) is 9. The highest BCUT2D eigenvalue weighted by atomic mass is 16.1. The van der Waals surface area contributed by atoms with Crippen molar-refractivity contribution >= 4 is 16.7 Å². The molecule has 0 aliphatic carbocycles. The molecule has 4 aromatic heterocycles.